The summed E-state index contributed by atoms with van der Waals surface area (Å²) in [5.41, 5.74) is 1.65. The Morgan fingerprint density at radius 3 is 2.68 bits per heavy atom. The molecule has 3 aliphatic rings. The van der Waals surface area contributed by atoms with Crippen molar-refractivity contribution >= 4 is 11.7 Å². The Hall–Kier alpha value is -2.36. The Morgan fingerprint density at radius 2 is 2.00 bits per heavy atom. The molecule has 0 aromatic heterocycles. The van der Waals surface area contributed by atoms with Crippen LogP contribution in [0, 0.1) is 41.4 Å². The van der Waals surface area contributed by atoms with Crippen LogP contribution in [0.15, 0.2) is 35.9 Å². The second kappa shape index (κ2) is 10.1. The van der Waals surface area contributed by atoms with Crippen LogP contribution in [0.1, 0.15) is 46.1 Å². The average Bonchev–Trinajstić information content (AvgIpc) is 2.81. The van der Waals surface area contributed by atoms with Crippen molar-refractivity contribution in [3.63, 3.8) is 0 Å². The van der Waals surface area contributed by atoms with Crippen molar-refractivity contribution in [2.45, 2.75) is 52.2 Å². The average molecular weight is 464 g/mol. The van der Waals surface area contributed by atoms with Gasteiger partial charge in [-0.3, -0.25) is 9.69 Å². The molecule has 2 fully saturated rings. The van der Waals surface area contributed by atoms with E-state index in [0.717, 1.165) is 62.4 Å². The summed E-state index contributed by atoms with van der Waals surface area (Å²) in [7, 11) is 0. The van der Waals surface area contributed by atoms with E-state index in [1.165, 1.54) is 6.92 Å². The number of piperazine rings is 1. The number of ether oxygens (including phenoxy) is 1. The maximum atomic E-state index is 11.7. The first-order valence-corrected chi connectivity index (χ1v) is 12.5. The summed E-state index contributed by atoms with van der Waals surface area (Å²) < 4.78 is 5.43. The van der Waals surface area contributed by atoms with Gasteiger partial charge in [-0.2, -0.15) is 5.26 Å². The summed E-state index contributed by atoms with van der Waals surface area (Å²) in [6, 6.07) is 10.1. The number of aliphatic hydroxyl groups is 1. The molecule has 0 amide bonds. The molecular formula is C28H37N3O3. The maximum Gasteiger partial charge on any atom is 0.303 e. The van der Waals surface area contributed by atoms with E-state index in [0.29, 0.717) is 11.8 Å². The molecule has 1 aromatic carbocycles. The van der Waals surface area contributed by atoms with Crippen molar-refractivity contribution < 1.29 is 14.6 Å². The molecule has 1 N–H and O–H groups in total. The highest BCUT2D eigenvalue weighted by Gasteiger charge is 2.53. The molecule has 0 unspecified atom stereocenters. The van der Waals surface area contributed by atoms with Crippen molar-refractivity contribution in [3.05, 3.63) is 47.9 Å². The number of anilines is 1. The summed E-state index contributed by atoms with van der Waals surface area (Å²) >= 11 is 0. The van der Waals surface area contributed by atoms with Crippen LogP contribution in [0.4, 0.5) is 5.69 Å². The molecule has 1 aromatic rings. The van der Waals surface area contributed by atoms with E-state index in [4.69, 9.17) is 4.74 Å². The zero-order valence-corrected chi connectivity index (χ0v) is 20.8. The van der Waals surface area contributed by atoms with E-state index in [1.807, 2.05) is 31.2 Å². The molecule has 6 nitrogen and oxygen atoms in total. The molecular weight excluding hydrogens is 426 g/mol. The Bertz CT molecular complexity index is 962. The highest BCUT2D eigenvalue weighted by Crippen LogP contribution is 2.50. The zero-order chi connectivity index (χ0) is 24.5. The molecule has 1 saturated carbocycles. The van der Waals surface area contributed by atoms with E-state index in [-0.39, 0.29) is 17.8 Å². The Balaban J connectivity index is 1.41. The van der Waals surface area contributed by atoms with Gasteiger partial charge >= 0.3 is 5.97 Å². The zero-order valence-electron chi connectivity index (χ0n) is 20.8. The summed E-state index contributed by atoms with van der Waals surface area (Å²) in [4.78, 5) is 16.4. The molecule has 0 bridgehead atoms. The van der Waals surface area contributed by atoms with Crippen LogP contribution in [-0.4, -0.2) is 60.4 Å². The summed E-state index contributed by atoms with van der Waals surface area (Å²) in [5, 5.41) is 21.1. The molecule has 1 aliphatic heterocycles. The van der Waals surface area contributed by atoms with Gasteiger partial charge in [0.05, 0.1) is 23.3 Å². The number of benzene rings is 1. The first kappa shape index (κ1) is 24.8. The fourth-order valence-electron chi connectivity index (χ4n) is 6.17. The summed E-state index contributed by atoms with van der Waals surface area (Å²) in [6.07, 6.45) is 6.88. The summed E-state index contributed by atoms with van der Waals surface area (Å²) in [5.74, 6) is 0.476. The minimum Gasteiger partial charge on any atom is -0.457 e. The predicted octanol–water partition coefficient (Wildman–Crippen LogP) is 3.68. The van der Waals surface area contributed by atoms with Gasteiger partial charge in [-0.15, -0.1) is 0 Å². The van der Waals surface area contributed by atoms with Crippen LogP contribution in [0.25, 0.3) is 0 Å². The molecule has 4 rings (SSSR count). The molecule has 6 heteroatoms. The van der Waals surface area contributed by atoms with E-state index < -0.39 is 11.7 Å². The van der Waals surface area contributed by atoms with Crippen molar-refractivity contribution in [3.8, 4) is 6.07 Å². The lowest BCUT2D eigenvalue weighted by molar-refractivity contribution is -0.148. The fourth-order valence-corrected chi connectivity index (χ4v) is 6.17. The van der Waals surface area contributed by atoms with Gasteiger partial charge in [0.25, 0.3) is 0 Å². The van der Waals surface area contributed by atoms with Crippen LogP contribution >= 0.6 is 0 Å². The number of para-hydroxylation sites is 1. The van der Waals surface area contributed by atoms with Crippen molar-refractivity contribution in [2.24, 2.45) is 23.7 Å². The Labute approximate surface area is 204 Å². The standard InChI is InChI=1S/C28H37N3O3/c1-19-15-25-24(10-9-21(3)28(25,33)16-27(19)34-22(4)32)20(2)18-30-11-13-31(14-12-30)26-8-6-5-7-23(26)17-29/h5-8,15,20-21,24-25,27,33H,9-14,18H2,1-4H3/t20-,21-,24+,25-,27-,28-/m1/s1. The smallest absolute Gasteiger partial charge is 0.303 e. The number of carbonyl (C=O) groups excluding carboxylic acids is 1. The van der Waals surface area contributed by atoms with Gasteiger partial charge in [0.1, 0.15) is 12.2 Å². The van der Waals surface area contributed by atoms with Crippen LogP contribution in [0.3, 0.4) is 0 Å². The van der Waals surface area contributed by atoms with Crippen LogP contribution in [0.5, 0.6) is 0 Å². The van der Waals surface area contributed by atoms with Gasteiger partial charge in [-0.05, 0) is 55.2 Å². The minimum absolute atomic E-state index is 0.0122. The number of rotatable bonds is 5. The van der Waals surface area contributed by atoms with E-state index >= 15 is 0 Å². The van der Waals surface area contributed by atoms with Gasteiger partial charge in [-0.25, -0.2) is 0 Å². The normalized spacial score (nSPS) is 32.8. The molecule has 6 atom stereocenters. The molecule has 2 radical (unpaired) electrons. The third-order valence-electron chi connectivity index (χ3n) is 8.17. The summed E-state index contributed by atoms with van der Waals surface area (Å²) in [6.45, 7) is 12.5. The van der Waals surface area contributed by atoms with E-state index in [9.17, 15) is 15.2 Å². The van der Waals surface area contributed by atoms with Gasteiger partial charge in [0.2, 0.25) is 0 Å². The molecule has 0 spiro atoms. The number of carbonyl (C=O) groups is 1. The molecule has 2 aliphatic carbocycles. The first-order chi connectivity index (χ1) is 16.2. The largest absolute Gasteiger partial charge is 0.457 e. The van der Waals surface area contributed by atoms with Crippen LogP contribution in [-0.2, 0) is 9.53 Å². The number of nitriles is 1. The van der Waals surface area contributed by atoms with Gasteiger partial charge in [0, 0.05) is 45.6 Å². The van der Waals surface area contributed by atoms with Gasteiger partial charge in [0.15, 0.2) is 0 Å². The number of hydrogen-bond donors (Lipinski definition) is 1. The predicted molar refractivity (Wildman–Crippen MR) is 132 cm³/mol. The molecule has 182 valence electrons. The third kappa shape index (κ3) is 4.87. The lowest BCUT2D eigenvalue weighted by Crippen LogP contribution is -2.57. The number of hydrogen-bond acceptors (Lipinski definition) is 6. The topological polar surface area (TPSA) is 76.8 Å². The lowest BCUT2D eigenvalue weighted by atomic mass is 9.57. The highest BCUT2D eigenvalue weighted by molar-refractivity contribution is 5.67. The second-order valence-electron chi connectivity index (χ2n) is 10.4. The molecule has 34 heavy (non-hydrogen) atoms. The third-order valence-corrected chi connectivity index (χ3v) is 8.17. The maximum absolute atomic E-state index is 11.7. The number of esters is 1. The molecule has 1 heterocycles. The highest BCUT2D eigenvalue weighted by atomic mass is 16.5. The van der Waals surface area contributed by atoms with Crippen LogP contribution < -0.4 is 4.90 Å². The van der Waals surface area contributed by atoms with E-state index in [2.05, 4.69) is 42.2 Å². The van der Waals surface area contributed by atoms with Gasteiger partial charge in [-0.1, -0.05) is 32.1 Å². The number of fused-ring (bicyclic) bond motifs is 1. The minimum atomic E-state index is -1.07. The number of nitrogens with zero attached hydrogens (tertiary/aromatic N) is 3. The quantitative estimate of drug-likeness (QED) is 0.530. The first-order valence-electron chi connectivity index (χ1n) is 12.5. The Morgan fingerprint density at radius 1 is 1.29 bits per heavy atom. The fraction of sp³-hybridized carbons (Fsp3) is 0.607. The van der Waals surface area contributed by atoms with Crippen molar-refractivity contribution in [2.75, 3.05) is 37.6 Å². The van der Waals surface area contributed by atoms with Crippen molar-refractivity contribution in [1.82, 2.24) is 4.90 Å². The monoisotopic (exact) mass is 463 g/mol. The van der Waals surface area contributed by atoms with Gasteiger partial charge < -0.3 is 14.7 Å². The van der Waals surface area contributed by atoms with Crippen molar-refractivity contribution in [1.29, 1.82) is 5.26 Å². The Kier molecular flexibility index (Phi) is 7.35. The van der Waals surface area contributed by atoms with Crippen LogP contribution in [0.2, 0.25) is 0 Å². The molecule has 1 saturated heterocycles. The van der Waals surface area contributed by atoms with E-state index in [1.54, 1.807) is 0 Å². The SMILES string of the molecule is CC(=O)O[C@@H]1[C][C@@]2(O)[C@H](C)CC[C@@H]([C@H](C)CN3CCN(c4ccccc4C#N)CC3)[C@H]2C=C1C. The lowest BCUT2D eigenvalue weighted by Gasteiger charge is -2.53. The second-order valence-corrected chi connectivity index (χ2v) is 10.4.